The molecule has 4 nitrogen and oxygen atoms in total. The maximum atomic E-state index is 12.1. The lowest BCUT2D eigenvalue weighted by atomic mass is 10.0. The van der Waals surface area contributed by atoms with Crippen LogP contribution in [-0.2, 0) is 9.59 Å². The molecule has 1 aliphatic heterocycles. The monoisotopic (exact) mass is 274 g/mol. The number of anilines is 1. The number of hydrogen-bond acceptors (Lipinski definition) is 3. The highest BCUT2D eigenvalue weighted by Crippen LogP contribution is 2.16. The van der Waals surface area contributed by atoms with Gasteiger partial charge in [-0.3, -0.25) is 9.59 Å². The lowest BCUT2D eigenvalue weighted by Crippen LogP contribution is -2.42. The summed E-state index contributed by atoms with van der Waals surface area (Å²) < 4.78 is 0. The lowest BCUT2D eigenvalue weighted by Gasteiger charge is -2.18. The topological polar surface area (TPSA) is 58.2 Å². The van der Waals surface area contributed by atoms with E-state index in [1.807, 2.05) is 32.0 Å². The molecule has 2 N–H and O–H groups in total. The summed E-state index contributed by atoms with van der Waals surface area (Å²) in [6.07, 6.45) is 2.77. The Hall–Kier alpha value is -2.01. The zero-order valence-electron chi connectivity index (χ0n) is 10.7. The van der Waals surface area contributed by atoms with Gasteiger partial charge in [-0.05, 0) is 43.2 Å². The summed E-state index contributed by atoms with van der Waals surface area (Å²) in [5.41, 5.74) is 2.77. The second-order valence-corrected chi connectivity index (χ2v) is 4.98. The van der Waals surface area contributed by atoms with E-state index < -0.39 is 11.8 Å². The Bertz CT molecular complexity index is 573. The Morgan fingerprint density at radius 2 is 1.89 bits per heavy atom. The van der Waals surface area contributed by atoms with Gasteiger partial charge in [0, 0.05) is 11.9 Å². The summed E-state index contributed by atoms with van der Waals surface area (Å²) in [5.74, 6) is -1.65. The molecule has 1 aromatic carbocycles. The van der Waals surface area contributed by atoms with Crippen LogP contribution in [0.5, 0.6) is 0 Å². The molecule has 1 aromatic rings. The van der Waals surface area contributed by atoms with Crippen molar-refractivity contribution in [3.63, 3.8) is 0 Å². The van der Waals surface area contributed by atoms with Crippen molar-refractivity contribution in [2.24, 2.45) is 5.92 Å². The number of amides is 1. The molecule has 98 valence electrons. The van der Waals surface area contributed by atoms with E-state index in [0.29, 0.717) is 5.69 Å². The molecule has 1 atom stereocenters. The molecular weight excluding hydrogens is 260 g/mol. The first-order valence-corrected chi connectivity index (χ1v) is 6.28. The van der Waals surface area contributed by atoms with Crippen molar-refractivity contribution in [1.82, 2.24) is 5.32 Å². The zero-order chi connectivity index (χ0) is 14.0. The predicted molar refractivity (Wildman–Crippen MR) is 77.9 cm³/mol. The lowest BCUT2D eigenvalue weighted by molar-refractivity contribution is -0.125. The van der Waals surface area contributed by atoms with Crippen molar-refractivity contribution in [3.8, 4) is 0 Å². The molecule has 0 radical (unpaired) electrons. The van der Waals surface area contributed by atoms with Gasteiger partial charge in [0.2, 0.25) is 5.91 Å². The van der Waals surface area contributed by atoms with Gasteiger partial charge < -0.3 is 10.6 Å². The largest absolute Gasteiger partial charge is 0.355 e. The van der Waals surface area contributed by atoms with Gasteiger partial charge in [-0.25, -0.2) is 0 Å². The third-order valence-electron chi connectivity index (χ3n) is 2.77. The van der Waals surface area contributed by atoms with E-state index in [0.717, 1.165) is 11.1 Å². The van der Waals surface area contributed by atoms with Crippen LogP contribution in [0.4, 0.5) is 5.69 Å². The summed E-state index contributed by atoms with van der Waals surface area (Å²) in [4.78, 5) is 24.0. The van der Waals surface area contributed by atoms with Crippen LogP contribution in [0.2, 0.25) is 0 Å². The number of benzene rings is 1. The number of carbonyl (C=O) groups excluding carboxylic acids is 2. The minimum absolute atomic E-state index is 0.231. The summed E-state index contributed by atoms with van der Waals surface area (Å²) in [7, 11) is 0. The maximum Gasteiger partial charge on any atom is 0.242 e. The Balaban J connectivity index is 2.19. The van der Waals surface area contributed by atoms with Gasteiger partial charge >= 0.3 is 0 Å². The first kappa shape index (κ1) is 13.4. The van der Waals surface area contributed by atoms with Crippen LogP contribution >= 0.6 is 12.2 Å². The van der Waals surface area contributed by atoms with E-state index >= 15 is 0 Å². The van der Waals surface area contributed by atoms with E-state index in [1.165, 1.54) is 12.3 Å². The van der Waals surface area contributed by atoms with Crippen LogP contribution in [0.15, 0.2) is 30.5 Å². The Morgan fingerprint density at radius 3 is 2.47 bits per heavy atom. The third kappa shape index (κ3) is 3.06. The van der Waals surface area contributed by atoms with Gasteiger partial charge in [-0.15, -0.1) is 0 Å². The quantitative estimate of drug-likeness (QED) is 0.638. The molecule has 0 saturated carbocycles. The number of carbonyl (C=O) groups is 2. The minimum atomic E-state index is -0.944. The molecule has 2 rings (SSSR count). The maximum absolute atomic E-state index is 12.1. The number of hydrogen-bond donors (Lipinski definition) is 2. The van der Waals surface area contributed by atoms with Gasteiger partial charge in [0.25, 0.3) is 0 Å². The van der Waals surface area contributed by atoms with E-state index in [9.17, 15) is 9.59 Å². The molecular formula is C14H14N2O2S. The van der Waals surface area contributed by atoms with E-state index in [4.69, 9.17) is 12.2 Å². The van der Waals surface area contributed by atoms with Gasteiger partial charge in [-0.1, -0.05) is 18.3 Å². The molecule has 0 saturated heterocycles. The van der Waals surface area contributed by atoms with E-state index in [-0.39, 0.29) is 10.8 Å². The summed E-state index contributed by atoms with van der Waals surface area (Å²) in [6, 6.07) is 5.71. The van der Waals surface area contributed by atoms with E-state index in [2.05, 4.69) is 10.6 Å². The van der Waals surface area contributed by atoms with Crippen molar-refractivity contribution < 1.29 is 9.59 Å². The molecule has 1 aliphatic rings. The fourth-order valence-electron chi connectivity index (χ4n) is 2.02. The van der Waals surface area contributed by atoms with E-state index in [1.54, 1.807) is 0 Å². The second-order valence-electron chi connectivity index (χ2n) is 4.54. The van der Waals surface area contributed by atoms with Crippen molar-refractivity contribution in [2.45, 2.75) is 13.8 Å². The summed E-state index contributed by atoms with van der Waals surface area (Å²) in [6.45, 7) is 3.90. The highest BCUT2D eigenvalue weighted by molar-refractivity contribution is 7.80. The van der Waals surface area contributed by atoms with Crippen molar-refractivity contribution >= 4 is 34.6 Å². The summed E-state index contributed by atoms with van der Waals surface area (Å²) in [5, 5.41) is 5.45. The molecule has 0 spiro atoms. The Labute approximate surface area is 116 Å². The highest BCUT2D eigenvalue weighted by atomic mass is 32.1. The third-order valence-corrected chi connectivity index (χ3v) is 3.12. The Morgan fingerprint density at radius 1 is 1.26 bits per heavy atom. The van der Waals surface area contributed by atoms with Crippen LogP contribution in [0.25, 0.3) is 0 Å². The van der Waals surface area contributed by atoms with Gasteiger partial charge in [-0.2, -0.15) is 0 Å². The molecule has 19 heavy (non-hydrogen) atoms. The second kappa shape index (κ2) is 5.32. The average molecular weight is 274 g/mol. The molecule has 0 aromatic heterocycles. The zero-order valence-corrected chi connectivity index (χ0v) is 11.5. The number of allylic oxidation sites excluding steroid dienone is 1. The standard InChI is InChI=1S/C14H14N2O2S/c1-8-5-9(2)7-10(6-8)16-13(18)12-11(17)3-4-15-14(12)19/h3-7,12H,1-2H3,(H,15,19)(H,16,18). The molecule has 0 fully saturated rings. The van der Waals surface area contributed by atoms with Gasteiger partial charge in [0.15, 0.2) is 11.7 Å². The van der Waals surface area contributed by atoms with Crippen molar-refractivity contribution in [2.75, 3.05) is 5.32 Å². The molecule has 1 heterocycles. The van der Waals surface area contributed by atoms with Gasteiger partial charge in [0.05, 0.1) is 4.99 Å². The van der Waals surface area contributed by atoms with Crippen LogP contribution in [-0.4, -0.2) is 16.7 Å². The van der Waals surface area contributed by atoms with Gasteiger partial charge in [0.1, 0.15) is 0 Å². The first-order chi connectivity index (χ1) is 8.97. The number of rotatable bonds is 2. The molecule has 1 unspecified atom stereocenters. The normalized spacial score (nSPS) is 18.1. The summed E-state index contributed by atoms with van der Waals surface area (Å²) >= 11 is 5.00. The number of nitrogens with one attached hydrogen (secondary N) is 2. The molecule has 1 amide bonds. The van der Waals surface area contributed by atoms with Crippen LogP contribution in [0, 0.1) is 19.8 Å². The van der Waals surface area contributed by atoms with Crippen LogP contribution in [0.1, 0.15) is 11.1 Å². The van der Waals surface area contributed by atoms with Crippen LogP contribution < -0.4 is 10.6 Å². The molecule has 0 bridgehead atoms. The first-order valence-electron chi connectivity index (χ1n) is 5.87. The van der Waals surface area contributed by atoms with Crippen molar-refractivity contribution in [1.29, 1.82) is 0 Å². The molecule has 5 heteroatoms. The number of thiocarbonyl (C=S) groups is 1. The fraction of sp³-hybridized carbons (Fsp3) is 0.214. The fourth-order valence-corrected chi connectivity index (χ4v) is 2.32. The number of aryl methyl sites for hydroxylation is 2. The Kier molecular flexibility index (Phi) is 3.76. The minimum Gasteiger partial charge on any atom is -0.355 e. The highest BCUT2D eigenvalue weighted by Gasteiger charge is 2.31. The van der Waals surface area contributed by atoms with Crippen molar-refractivity contribution in [3.05, 3.63) is 41.6 Å². The smallest absolute Gasteiger partial charge is 0.242 e. The average Bonchev–Trinajstić information content (AvgIpc) is 2.26. The SMILES string of the molecule is Cc1cc(C)cc(NC(=O)C2C(=O)C=CNC2=S)c1. The molecule has 0 aliphatic carbocycles. The van der Waals surface area contributed by atoms with Crippen LogP contribution in [0.3, 0.4) is 0 Å². The predicted octanol–water partition coefficient (Wildman–Crippen LogP) is 1.87. The number of ketones is 1.